The number of nitrogens with two attached hydrogens (primary N) is 1. The van der Waals surface area contributed by atoms with Crippen LogP contribution in [-0.2, 0) is 9.59 Å². The van der Waals surface area contributed by atoms with Crippen molar-refractivity contribution in [3.05, 3.63) is 40.0 Å². The normalized spacial score (nSPS) is 24.4. The molecule has 4 saturated heterocycles. The van der Waals surface area contributed by atoms with Gasteiger partial charge < -0.3 is 30.7 Å². The third-order valence-corrected chi connectivity index (χ3v) is 12.3. The lowest BCUT2D eigenvalue weighted by atomic mass is 9.60. The Morgan fingerprint density at radius 3 is 2.27 bits per heavy atom. The SMILES string of the molecule is C=CC(=O)N1CC2(CC(n3nc(N4CCCCC4(C)C)c(-c4c(Cl)c(Cl)cc(N)c4C=N)c3C)C2)C1.CC(=O)N1CC2CN(C)CC2C1. The van der Waals surface area contributed by atoms with Crippen molar-refractivity contribution in [2.45, 2.75) is 71.4 Å². The van der Waals surface area contributed by atoms with Gasteiger partial charge in [0.25, 0.3) is 0 Å². The maximum atomic E-state index is 11.9. The summed E-state index contributed by atoms with van der Waals surface area (Å²) in [5.41, 5.74) is 9.98. The summed E-state index contributed by atoms with van der Waals surface area (Å²) in [6, 6.07) is 1.85. The number of nitrogens with zero attached hydrogens (tertiary/aromatic N) is 6. The average molecular weight is 698 g/mol. The summed E-state index contributed by atoms with van der Waals surface area (Å²) >= 11 is 13.3. The minimum absolute atomic E-state index is 0.00334. The zero-order chi connectivity index (χ0) is 34.7. The van der Waals surface area contributed by atoms with Gasteiger partial charge in [-0.25, -0.2) is 0 Å². The van der Waals surface area contributed by atoms with E-state index in [1.54, 1.807) is 13.0 Å². The number of hydrogen-bond acceptors (Lipinski definition) is 7. The number of anilines is 2. The van der Waals surface area contributed by atoms with Crippen molar-refractivity contribution in [1.82, 2.24) is 24.5 Å². The Bertz CT molecular complexity index is 1610. The summed E-state index contributed by atoms with van der Waals surface area (Å²) in [7, 11) is 2.16. The number of likely N-dealkylation sites (tertiary alicyclic amines) is 3. The predicted molar refractivity (Wildman–Crippen MR) is 194 cm³/mol. The van der Waals surface area contributed by atoms with Crippen molar-refractivity contribution < 1.29 is 9.59 Å². The molecule has 2 unspecified atom stereocenters. The van der Waals surface area contributed by atoms with Crippen molar-refractivity contribution in [3.8, 4) is 11.1 Å². The van der Waals surface area contributed by atoms with Crippen LogP contribution in [0.3, 0.4) is 0 Å². The Morgan fingerprint density at radius 2 is 1.71 bits per heavy atom. The van der Waals surface area contributed by atoms with Crippen molar-refractivity contribution in [2.75, 3.05) is 63.5 Å². The maximum Gasteiger partial charge on any atom is 0.245 e. The third-order valence-electron chi connectivity index (χ3n) is 11.6. The van der Waals surface area contributed by atoms with Gasteiger partial charge in [-0.1, -0.05) is 29.8 Å². The molecule has 1 saturated carbocycles. The first-order valence-corrected chi connectivity index (χ1v) is 17.9. The van der Waals surface area contributed by atoms with Gasteiger partial charge >= 0.3 is 0 Å². The molecule has 1 aromatic heterocycles. The fraction of sp³-hybridized carbons (Fsp3) is 0.611. The van der Waals surface area contributed by atoms with Crippen molar-refractivity contribution in [3.63, 3.8) is 0 Å². The van der Waals surface area contributed by atoms with E-state index in [2.05, 4.69) is 48.9 Å². The number of carbonyl (C=O) groups is 2. The largest absolute Gasteiger partial charge is 0.398 e. The van der Waals surface area contributed by atoms with Gasteiger partial charge in [-0.2, -0.15) is 5.10 Å². The van der Waals surface area contributed by atoms with Gasteiger partial charge in [-0.05, 0) is 83.9 Å². The molecule has 1 aromatic carbocycles. The molecule has 0 radical (unpaired) electrons. The Kier molecular flexibility index (Phi) is 9.41. The first kappa shape index (κ1) is 34.8. The van der Waals surface area contributed by atoms with Crippen LogP contribution in [0, 0.1) is 29.6 Å². The van der Waals surface area contributed by atoms with Crippen LogP contribution in [0.1, 0.15) is 70.2 Å². The molecule has 1 aliphatic carbocycles. The molecule has 2 amide bonds. The van der Waals surface area contributed by atoms with Crippen LogP contribution in [0.2, 0.25) is 10.0 Å². The molecule has 2 aromatic rings. The van der Waals surface area contributed by atoms with Gasteiger partial charge in [0, 0.05) is 98.0 Å². The summed E-state index contributed by atoms with van der Waals surface area (Å²) in [5.74, 6) is 2.62. The number of carbonyl (C=O) groups excluding carboxylic acids is 2. The van der Waals surface area contributed by atoms with Crippen LogP contribution in [0.25, 0.3) is 11.1 Å². The molecule has 0 bridgehead atoms. The minimum atomic E-state index is -0.0690. The molecule has 2 atom stereocenters. The van der Waals surface area contributed by atoms with Gasteiger partial charge in [0.05, 0.1) is 16.1 Å². The zero-order valence-corrected chi connectivity index (χ0v) is 30.5. The van der Waals surface area contributed by atoms with Crippen LogP contribution >= 0.6 is 23.2 Å². The number of benzene rings is 1. The van der Waals surface area contributed by atoms with Crippen molar-refractivity contribution in [1.29, 1.82) is 5.41 Å². The smallest absolute Gasteiger partial charge is 0.245 e. The highest BCUT2D eigenvalue weighted by atomic mass is 35.5. The van der Waals surface area contributed by atoms with E-state index in [1.165, 1.54) is 31.8 Å². The van der Waals surface area contributed by atoms with Crippen molar-refractivity contribution in [2.24, 2.45) is 17.3 Å². The van der Waals surface area contributed by atoms with Crippen LogP contribution in [0.15, 0.2) is 18.7 Å². The fourth-order valence-electron chi connectivity index (χ4n) is 8.96. The number of nitrogen functional groups attached to an aromatic ring is 1. The highest BCUT2D eigenvalue weighted by molar-refractivity contribution is 6.44. The Morgan fingerprint density at radius 1 is 1.06 bits per heavy atom. The maximum absolute atomic E-state index is 11.9. The monoisotopic (exact) mass is 696 g/mol. The first-order valence-electron chi connectivity index (χ1n) is 17.2. The standard InChI is InChI=1S/C27H34Cl2N6O.C9H16N2O/c1-5-21(36)33-14-27(15-33)11-17(12-27)35-16(2)22(23-18(13-30)20(31)10-19(28)24(23)29)25(32-35)34-9-7-6-8-26(34,3)4;1-7(12)11-5-8-3-10(2)4-9(8)6-11/h5,10,13,17,30H,1,6-9,11-12,14-15,31H2,2-4H3;8-9H,3-6H2,1-2H3. The first-order chi connectivity index (χ1) is 22.7. The minimum Gasteiger partial charge on any atom is -0.398 e. The van der Waals surface area contributed by atoms with Crippen LogP contribution in [0.4, 0.5) is 11.5 Å². The molecule has 260 valence electrons. The fourth-order valence-corrected chi connectivity index (χ4v) is 9.42. The van der Waals surface area contributed by atoms with E-state index in [0.717, 1.165) is 87.3 Å². The molecule has 5 fully saturated rings. The lowest BCUT2D eigenvalue weighted by Crippen LogP contribution is -2.63. The van der Waals surface area contributed by atoms with Crippen LogP contribution in [0.5, 0.6) is 0 Å². The number of halogens is 2. The summed E-state index contributed by atoms with van der Waals surface area (Å²) in [6.07, 6.45) is 7.94. The number of fused-ring (bicyclic) bond motifs is 1. The molecule has 1 spiro atoms. The van der Waals surface area contributed by atoms with Gasteiger partial charge in [0.1, 0.15) is 0 Å². The molecule has 3 N–H and O–H groups in total. The summed E-state index contributed by atoms with van der Waals surface area (Å²) in [5, 5.41) is 14.1. The molecule has 5 aliphatic rings. The van der Waals surface area contributed by atoms with Crippen LogP contribution in [-0.4, -0.2) is 101 Å². The number of amides is 2. The topological polar surface area (TPSA) is 115 Å². The van der Waals surface area contributed by atoms with E-state index < -0.39 is 0 Å². The zero-order valence-electron chi connectivity index (χ0n) is 29.0. The molecule has 48 heavy (non-hydrogen) atoms. The average Bonchev–Trinajstić information content (AvgIpc) is 3.64. The number of rotatable bonds is 5. The molecule has 7 rings (SSSR count). The molecule has 12 heteroatoms. The van der Waals surface area contributed by atoms with E-state index >= 15 is 0 Å². The van der Waals surface area contributed by atoms with Gasteiger partial charge in [-0.3, -0.25) is 14.3 Å². The Labute approximate surface area is 294 Å². The Hall–Kier alpha value is -3.08. The van der Waals surface area contributed by atoms with Crippen LogP contribution < -0.4 is 10.6 Å². The lowest BCUT2D eigenvalue weighted by Gasteiger charge is -2.58. The Balaban J connectivity index is 0.000000280. The van der Waals surface area contributed by atoms with Gasteiger partial charge in [0.2, 0.25) is 11.8 Å². The van der Waals surface area contributed by atoms with Gasteiger partial charge in [-0.15, -0.1) is 0 Å². The molecule has 10 nitrogen and oxygen atoms in total. The second-order valence-corrected chi connectivity index (χ2v) is 16.3. The van der Waals surface area contributed by atoms with E-state index in [-0.39, 0.29) is 28.8 Å². The van der Waals surface area contributed by atoms with E-state index in [9.17, 15) is 9.59 Å². The van der Waals surface area contributed by atoms with E-state index in [1.807, 2.05) is 9.80 Å². The molecule has 5 heterocycles. The number of aromatic nitrogens is 2. The molecule has 4 aliphatic heterocycles. The molecular formula is C36H50Cl2N8O2. The van der Waals surface area contributed by atoms with E-state index in [0.29, 0.717) is 26.9 Å². The molecular weight excluding hydrogens is 647 g/mol. The third kappa shape index (κ3) is 6.13. The number of hydrogen-bond donors (Lipinski definition) is 2. The van der Waals surface area contributed by atoms with Crippen molar-refractivity contribution >= 4 is 52.7 Å². The summed E-state index contributed by atoms with van der Waals surface area (Å²) in [6.45, 7) is 18.7. The van der Waals surface area contributed by atoms with E-state index in [4.69, 9.17) is 39.4 Å². The summed E-state index contributed by atoms with van der Waals surface area (Å²) < 4.78 is 2.14. The highest BCUT2D eigenvalue weighted by Gasteiger charge is 2.54. The second-order valence-electron chi connectivity index (χ2n) is 15.5. The lowest BCUT2D eigenvalue weighted by molar-refractivity contribution is -0.149. The number of nitrogens with one attached hydrogen (secondary N) is 1. The number of piperidine rings is 1. The van der Waals surface area contributed by atoms with Gasteiger partial charge in [0.15, 0.2) is 5.82 Å². The quantitative estimate of drug-likeness (QED) is 0.229. The highest BCUT2D eigenvalue weighted by Crippen LogP contribution is 2.56. The predicted octanol–water partition coefficient (Wildman–Crippen LogP) is 5.89. The summed E-state index contributed by atoms with van der Waals surface area (Å²) in [4.78, 5) is 31.6. The second kappa shape index (κ2) is 13.0.